The molecule has 29 heavy (non-hydrogen) atoms. The first-order chi connectivity index (χ1) is 13.7. The monoisotopic (exact) mass is 410 g/mol. The zero-order chi connectivity index (χ0) is 21.2. The number of thiol groups is 1. The van der Waals surface area contributed by atoms with E-state index in [-0.39, 0.29) is 22.5 Å². The molecule has 2 unspecified atom stereocenters. The maximum atomic E-state index is 13.2. The van der Waals surface area contributed by atoms with E-state index in [2.05, 4.69) is 33.4 Å². The van der Waals surface area contributed by atoms with Crippen LogP contribution >= 0.6 is 12.6 Å². The minimum Gasteiger partial charge on any atom is -0.340 e. The zero-order valence-corrected chi connectivity index (χ0v) is 18.5. The second-order valence-corrected chi connectivity index (χ2v) is 9.60. The number of rotatable bonds is 4. The fraction of sp³-hybridized carbons (Fsp3) is 0.417. The van der Waals surface area contributed by atoms with Gasteiger partial charge in [0.15, 0.2) is 0 Å². The molecule has 1 heterocycles. The molecule has 0 radical (unpaired) electrons. The van der Waals surface area contributed by atoms with Crippen LogP contribution in [0, 0.1) is 0 Å². The molecule has 1 aliphatic heterocycles. The molecule has 2 atom stereocenters. The Bertz CT molecular complexity index is 859. The van der Waals surface area contributed by atoms with E-state index in [9.17, 15) is 9.59 Å². The van der Waals surface area contributed by atoms with Gasteiger partial charge in [-0.05, 0) is 35.1 Å². The molecule has 154 valence electrons. The molecule has 0 aromatic heterocycles. The highest BCUT2D eigenvalue weighted by Crippen LogP contribution is 2.27. The molecule has 0 spiro atoms. The first-order valence-corrected chi connectivity index (χ1v) is 10.6. The van der Waals surface area contributed by atoms with Gasteiger partial charge in [0, 0.05) is 31.0 Å². The van der Waals surface area contributed by atoms with E-state index >= 15 is 0 Å². The van der Waals surface area contributed by atoms with Crippen LogP contribution in [0.15, 0.2) is 54.6 Å². The molecule has 2 amide bonds. The Labute approximate surface area is 179 Å². The summed E-state index contributed by atoms with van der Waals surface area (Å²) in [5.41, 5.74) is 2.89. The lowest BCUT2D eigenvalue weighted by molar-refractivity contribution is -0.134. The van der Waals surface area contributed by atoms with Crippen LogP contribution in [0.3, 0.4) is 0 Å². The van der Waals surface area contributed by atoms with Gasteiger partial charge in [0.2, 0.25) is 5.91 Å². The second-order valence-electron chi connectivity index (χ2n) is 8.87. The highest BCUT2D eigenvalue weighted by atomic mass is 32.1. The van der Waals surface area contributed by atoms with Crippen LogP contribution in [-0.2, 0) is 16.8 Å². The molecule has 2 aromatic rings. The largest absolute Gasteiger partial charge is 0.340 e. The Kier molecular flexibility index (Phi) is 6.37. The minimum atomic E-state index is -0.471. The lowest BCUT2D eigenvalue weighted by atomic mass is 9.86. The van der Waals surface area contributed by atoms with Gasteiger partial charge in [-0.25, -0.2) is 0 Å². The molecule has 1 saturated heterocycles. The summed E-state index contributed by atoms with van der Waals surface area (Å²) in [6.07, 6.45) is 0.576. The third-order valence-corrected chi connectivity index (χ3v) is 5.84. The molecule has 4 nitrogen and oxygen atoms in total. The average Bonchev–Trinajstić information content (AvgIpc) is 3.08. The standard InChI is InChI=1S/C24H30N2O2S/c1-24(2,3)19-12-10-18(11-13-19)22(27)26-16-20(29)14-21(26)23(28)25(4)15-17-8-6-5-7-9-17/h5-13,20-21,29H,14-16H2,1-4H3. The zero-order valence-electron chi connectivity index (χ0n) is 17.6. The second kappa shape index (κ2) is 8.62. The van der Waals surface area contributed by atoms with Crippen LogP contribution in [0.2, 0.25) is 0 Å². The van der Waals surface area contributed by atoms with Crippen molar-refractivity contribution < 1.29 is 9.59 Å². The summed E-state index contributed by atoms with van der Waals surface area (Å²) >= 11 is 4.57. The topological polar surface area (TPSA) is 40.6 Å². The van der Waals surface area contributed by atoms with Crippen LogP contribution in [-0.4, -0.2) is 46.5 Å². The third kappa shape index (κ3) is 5.02. The van der Waals surface area contributed by atoms with E-state index < -0.39 is 6.04 Å². The summed E-state index contributed by atoms with van der Waals surface area (Å²) in [4.78, 5) is 29.7. The number of carbonyl (C=O) groups excluding carboxylic acids is 2. The van der Waals surface area contributed by atoms with Crippen LogP contribution in [0.1, 0.15) is 48.7 Å². The van der Waals surface area contributed by atoms with Crippen LogP contribution in [0.25, 0.3) is 0 Å². The van der Waals surface area contributed by atoms with E-state index in [1.807, 2.05) is 54.6 Å². The highest BCUT2D eigenvalue weighted by Gasteiger charge is 2.39. The Morgan fingerprint density at radius 2 is 1.69 bits per heavy atom. The predicted octanol–water partition coefficient (Wildman–Crippen LogP) is 4.16. The Hall–Kier alpha value is -2.27. The molecule has 2 aromatic carbocycles. The molecule has 3 rings (SSSR count). The quantitative estimate of drug-likeness (QED) is 0.769. The van der Waals surface area contributed by atoms with E-state index in [0.29, 0.717) is 25.1 Å². The fourth-order valence-electron chi connectivity index (χ4n) is 3.74. The van der Waals surface area contributed by atoms with Crippen LogP contribution in [0.4, 0.5) is 0 Å². The average molecular weight is 411 g/mol. The van der Waals surface area contributed by atoms with E-state index in [0.717, 1.165) is 5.56 Å². The van der Waals surface area contributed by atoms with Gasteiger partial charge in [-0.1, -0.05) is 63.2 Å². The predicted molar refractivity (Wildman–Crippen MR) is 120 cm³/mol. The fourth-order valence-corrected chi connectivity index (χ4v) is 4.12. The summed E-state index contributed by atoms with van der Waals surface area (Å²) in [5.74, 6) is -0.140. The van der Waals surface area contributed by atoms with Gasteiger partial charge in [-0.3, -0.25) is 9.59 Å². The van der Waals surface area contributed by atoms with Gasteiger partial charge in [0.25, 0.3) is 5.91 Å². The summed E-state index contributed by atoms with van der Waals surface area (Å²) < 4.78 is 0. The molecular weight excluding hydrogens is 380 g/mol. The van der Waals surface area contributed by atoms with Crippen LogP contribution in [0.5, 0.6) is 0 Å². The number of carbonyl (C=O) groups is 2. The summed E-state index contributed by atoms with van der Waals surface area (Å²) in [6, 6.07) is 17.1. The first kappa shape index (κ1) is 21.4. The molecule has 0 aliphatic carbocycles. The molecule has 1 aliphatic rings. The van der Waals surface area contributed by atoms with Crippen molar-refractivity contribution >= 4 is 24.4 Å². The number of hydrogen-bond acceptors (Lipinski definition) is 3. The molecule has 0 saturated carbocycles. The molecule has 1 fully saturated rings. The lowest BCUT2D eigenvalue weighted by Gasteiger charge is -2.28. The maximum absolute atomic E-state index is 13.2. The van der Waals surface area contributed by atoms with E-state index in [1.54, 1.807) is 16.8 Å². The van der Waals surface area contributed by atoms with Crippen LogP contribution < -0.4 is 0 Å². The summed E-state index contributed by atoms with van der Waals surface area (Å²) in [6.45, 7) is 7.45. The van der Waals surface area contributed by atoms with Gasteiger partial charge in [0.1, 0.15) is 6.04 Å². The number of hydrogen-bond donors (Lipinski definition) is 1. The molecule has 0 N–H and O–H groups in total. The van der Waals surface area contributed by atoms with Gasteiger partial charge in [-0.2, -0.15) is 12.6 Å². The molecular formula is C24H30N2O2S. The Morgan fingerprint density at radius 3 is 2.28 bits per heavy atom. The number of benzene rings is 2. The van der Waals surface area contributed by atoms with Crippen molar-refractivity contribution in [2.45, 2.75) is 50.4 Å². The smallest absolute Gasteiger partial charge is 0.254 e. The minimum absolute atomic E-state index is 0.00636. The summed E-state index contributed by atoms with van der Waals surface area (Å²) in [5, 5.41) is 0.00636. The first-order valence-electron chi connectivity index (χ1n) is 10.1. The highest BCUT2D eigenvalue weighted by molar-refractivity contribution is 7.81. The van der Waals surface area contributed by atoms with E-state index in [1.165, 1.54) is 5.56 Å². The van der Waals surface area contributed by atoms with Crippen molar-refractivity contribution in [3.05, 3.63) is 71.3 Å². The van der Waals surface area contributed by atoms with Gasteiger partial charge < -0.3 is 9.80 Å². The van der Waals surface area contributed by atoms with Crippen molar-refractivity contribution in [3.63, 3.8) is 0 Å². The van der Waals surface area contributed by atoms with Gasteiger partial charge in [0.05, 0.1) is 0 Å². The van der Waals surface area contributed by atoms with Gasteiger partial charge >= 0.3 is 0 Å². The Balaban J connectivity index is 1.75. The molecule has 0 bridgehead atoms. The normalized spacial score (nSPS) is 19.3. The molecule has 5 heteroatoms. The van der Waals surface area contributed by atoms with Crippen molar-refractivity contribution in [3.8, 4) is 0 Å². The maximum Gasteiger partial charge on any atom is 0.254 e. The van der Waals surface area contributed by atoms with Crippen molar-refractivity contribution in [1.82, 2.24) is 9.80 Å². The van der Waals surface area contributed by atoms with Crippen molar-refractivity contribution in [1.29, 1.82) is 0 Å². The number of amides is 2. The van der Waals surface area contributed by atoms with E-state index in [4.69, 9.17) is 0 Å². The van der Waals surface area contributed by atoms with Crippen molar-refractivity contribution in [2.75, 3.05) is 13.6 Å². The number of nitrogens with zero attached hydrogens (tertiary/aromatic N) is 2. The third-order valence-electron chi connectivity index (χ3n) is 5.46. The lowest BCUT2D eigenvalue weighted by Crippen LogP contribution is -2.46. The SMILES string of the molecule is CN(Cc1ccccc1)C(=O)C1CC(S)CN1C(=O)c1ccc(C(C)(C)C)cc1. The van der Waals surface area contributed by atoms with Gasteiger partial charge in [-0.15, -0.1) is 0 Å². The number of likely N-dealkylation sites (N-methyl/N-ethyl adjacent to an activating group) is 1. The number of likely N-dealkylation sites (tertiary alicyclic amines) is 1. The Morgan fingerprint density at radius 1 is 1.07 bits per heavy atom. The summed E-state index contributed by atoms with van der Waals surface area (Å²) in [7, 11) is 1.79. The van der Waals surface area contributed by atoms with Crippen molar-refractivity contribution in [2.24, 2.45) is 0 Å².